The molecule has 0 fully saturated rings. The average molecular weight is 274 g/mol. The number of benzene rings is 1. The maximum absolute atomic E-state index is 13.0. The highest BCUT2D eigenvalue weighted by Crippen LogP contribution is 2.39. The number of fused-ring (bicyclic) bond motifs is 1. The number of hydrazine groups is 1. The molecule has 3 aromatic rings. The second-order valence-electron chi connectivity index (χ2n) is 4.11. The number of nitrogens with two attached hydrogens (primary N) is 1. The standard InChI is InChI=1S/C13H11FN4S/c1-7-10-12(13(18-15)17-6-16-10)19-11(7)8-2-4-9(14)5-3-8/h2-6H,15H2,1H3,(H,16,17,18). The van der Waals surface area contributed by atoms with E-state index in [9.17, 15) is 4.39 Å². The summed E-state index contributed by atoms with van der Waals surface area (Å²) in [6.07, 6.45) is 1.48. The molecule has 96 valence electrons. The van der Waals surface area contributed by atoms with Gasteiger partial charge in [-0.15, -0.1) is 11.3 Å². The Morgan fingerprint density at radius 2 is 1.95 bits per heavy atom. The molecule has 0 unspecified atom stereocenters. The lowest BCUT2D eigenvalue weighted by molar-refractivity contribution is 0.628. The summed E-state index contributed by atoms with van der Waals surface area (Å²) in [4.78, 5) is 9.42. The van der Waals surface area contributed by atoms with Crippen LogP contribution in [-0.2, 0) is 0 Å². The monoisotopic (exact) mass is 274 g/mol. The number of hydrogen-bond acceptors (Lipinski definition) is 5. The number of nitrogens with zero attached hydrogens (tertiary/aromatic N) is 2. The first-order valence-corrected chi connectivity index (χ1v) is 6.49. The molecule has 3 rings (SSSR count). The van der Waals surface area contributed by atoms with Crippen LogP contribution in [0, 0.1) is 12.7 Å². The van der Waals surface area contributed by atoms with Crippen LogP contribution in [0.1, 0.15) is 5.56 Å². The molecule has 1 aromatic carbocycles. The Kier molecular flexibility index (Phi) is 2.88. The van der Waals surface area contributed by atoms with Gasteiger partial charge in [-0.25, -0.2) is 20.2 Å². The molecule has 0 aliphatic heterocycles. The molecule has 0 atom stereocenters. The van der Waals surface area contributed by atoms with Crippen LogP contribution in [0.15, 0.2) is 30.6 Å². The Morgan fingerprint density at radius 1 is 1.21 bits per heavy atom. The fraction of sp³-hybridized carbons (Fsp3) is 0.0769. The number of anilines is 1. The molecule has 0 aliphatic carbocycles. The van der Waals surface area contributed by atoms with Gasteiger partial charge in [-0.1, -0.05) is 12.1 Å². The van der Waals surface area contributed by atoms with Gasteiger partial charge in [-0.3, -0.25) is 0 Å². The number of halogens is 1. The Morgan fingerprint density at radius 3 is 2.63 bits per heavy atom. The highest BCUT2D eigenvalue weighted by molar-refractivity contribution is 7.23. The first kappa shape index (κ1) is 12.0. The van der Waals surface area contributed by atoms with Gasteiger partial charge in [0.15, 0.2) is 5.82 Å². The molecule has 0 spiro atoms. The predicted molar refractivity (Wildman–Crippen MR) is 75.4 cm³/mol. The number of rotatable bonds is 2. The van der Waals surface area contributed by atoms with Crippen LogP contribution >= 0.6 is 11.3 Å². The lowest BCUT2D eigenvalue weighted by Crippen LogP contribution is -2.08. The van der Waals surface area contributed by atoms with Crippen molar-refractivity contribution in [3.8, 4) is 10.4 Å². The number of nitrogens with one attached hydrogen (secondary N) is 1. The van der Waals surface area contributed by atoms with Gasteiger partial charge in [-0.05, 0) is 30.2 Å². The van der Waals surface area contributed by atoms with Crippen LogP contribution < -0.4 is 11.3 Å². The molecule has 0 aliphatic rings. The van der Waals surface area contributed by atoms with Crippen molar-refractivity contribution >= 4 is 27.4 Å². The lowest BCUT2D eigenvalue weighted by atomic mass is 10.1. The SMILES string of the molecule is Cc1c(-c2ccc(F)cc2)sc2c(NN)ncnc12. The molecular weight excluding hydrogens is 263 g/mol. The minimum Gasteiger partial charge on any atom is -0.307 e. The normalized spacial score (nSPS) is 10.9. The molecule has 4 nitrogen and oxygen atoms in total. The average Bonchev–Trinajstić information content (AvgIpc) is 2.77. The molecule has 2 aromatic heterocycles. The van der Waals surface area contributed by atoms with E-state index in [0.29, 0.717) is 5.82 Å². The maximum atomic E-state index is 13.0. The minimum absolute atomic E-state index is 0.244. The third-order valence-electron chi connectivity index (χ3n) is 2.95. The number of hydrogen-bond donors (Lipinski definition) is 2. The van der Waals surface area contributed by atoms with Gasteiger partial charge in [0.1, 0.15) is 12.1 Å². The van der Waals surface area contributed by atoms with Gasteiger partial charge >= 0.3 is 0 Å². The van der Waals surface area contributed by atoms with E-state index < -0.39 is 0 Å². The van der Waals surface area contributed by atoms with E-state index in [1.54, 1.807) is 23.5 Å². The molecule has 2 heterocycles. The Hall–Kier alpha value is -2.05. The van der Waals surface area contributed by atoms with E-state index in [1.165, 1.54) is 18.5 Å². The summed E-state index contributed by atoms with van der Waals surface area (Å²) in [6, 6.07) is 6.42. The number of aryl methyl sites for hydroxylation is 1. The lowest BCUT2D eigenvalue weighted by Gasteiger charge is -1.99. The molecule has 0 saturated carbocycles. The van der Waals surface area contributed by atoms with Crippen LogP contribution in [-0.4, -0.2) is 9.97 Å². The van der Waals surface area contributed by atoms with Crippen molar-refractivity contribution in [1.29, 1.82) is 0 Å². The van der Waals surface area contributed by atoms with Crippen molar-refractivity contribution < 1.29 is 4.39 Å². The smallest absolute Gasteiger partial charge is 0.161 e. The van der Waals surface area contributed by atoms with E-state index in [2.05, 4.69) is 15.4 Å². The molecule has 19 heavy (non-hydrogen) atoms. The van der Waals surface area contributed by atoms with E-state index in [-0.39, 0.29) is 5.82 Å². The molecular formula is C13H11FN4S. The summed E-state index contributed by atoms with van der Waals surface area (Å²) in [5.41, 5.74) is 5.45. The first-order chi connectivity index (χ1) is 9.20. The fourth-order valence-electron chi connectivity index (χ4n) is 2.00. The summed E-state index contributed by atoms with van der Waals surface area (Å²) in [5, 5.41) is 0. The Balaban J connectivity index is 2.25. The Labute approximate surface area is 113 Å². The zero-order valence-corrected chi connectivity index (χ0v) is 11.0. The topological polar surface area (TPSA) is 63.8 Å². The second kappa shape index (κ2) is 4.56. The molecule has 0 amide bonds. The zero-order valence-electron chi connectivity index (χ0n) is 10.1. The maximum Gasteiger partial charge on any atom is 0.161 e. The fourth-order valence-corrected chi connectivity index (χ4v) is 3.22. The summed E-state index contributed by atoms with van der Waals surface area (Å²) in [5.74, 6) is 5.81. The number of aromatic nitrogens is 2. The Bertz CT molecular complexity index is 736. The second-order valence-corrected chi connectivity index (χ2v) is 5.13. The van der Waals surface area contributed by atoms with Gasteiger partial charge < -0.3 is 5.43 Å². The van der Waals surface area contributed by atoms with Crippen molar-refractivity contribution in [1.82, 2.24) is 9.97 Å². The largest absolute Gasteiger partial charge is 0.307 e. The highest BCUT2D eigenvalue weighted by atomic mass is 32.1. The minimum atomic E-state index is -0.244. The van der Waals surface area contributed by atoms with Gasteiger partial charge in [0.05, 0.1) is 10.2 Å². The van der Waals surface area contributed by atoms with Gasteiger partial charge in [-0.2, -0.15) is 0 Å². The van der Waals surface area contributed by atoms with Crippen LogP contribution in [0.4, 0.5) is 10.2 Å². The number of nitrogen functional groups attached to an aromatic ring is 1. The van der Waals surface area contributed by atoms with Crippen molar-refractivity contribution in [2.75, 3.05) is 5.43 Å². The summed E-state index contributed by atoms with van der Waals surface area (Å²) in [7, 11) is 0. The van der Waals surface area contributed by atoms with E-state index >= 15 is 0 Å². The molecule has 3 N–H and O–H groups in total. The first-order valence-electron chi connectivity index (χ1n) is 5.67. The predicted octanol–water partition coefficient (Wildman–Crippen LogP) is 3.09. The van der Waals surface area contributed by atoms with Crippen LogP contribution in [0.5, 0.6) is 0 Å². The quantitative estimate of drug-likeness (QED) is 0.557. The van der Waals surface area contributed by atoms with Crippen LogP contribution in [0.2, 0.25) is 0 Å². The molecule has 0 saturated heterocycles. The summed E-state index contributed by atoms with van der Waals surface area (Å²) >= 11 is 1.54. The third-order valence-corrected chi connectivity index (χ3v) is 4.28. The number of thiophene rings is 1. The van der Waals surface area contributed by atoms with Crippen LogP contribution in [0.3, 0.4) is 0 Å². The van der Waals surface area contributed by atoms with E-state index in [0.717, 1.165) is 26.2 Å². The summed E-state index contributed by atoms with van der Waals surface area (Å²) < 4.78 is 13.9. The van der Waals surface area contributed by atoms with E-state index in [4.69, 9.17) is 5.84 Å². The zero-order chi connectivity index (χ0) is 13.4. The van der Waals surface area contributed by atoms with Crippen molar-refractivity contribution in [2.45, 2.75) is 6.92 Å². The van der Waals surface area contributed by atoms with Gasteiger partial charge in [0.25, 0.3) is 0 Å². The van der Waals surface area contributed by atoms with Gasteiger partial charge in [0, 0.05) is 4.88 Å². The van der Waals surface area contributed by atoms with E-state index in [1.807, 2.05) is 6.92 Å². The van der Waals surface area contributed by atoms with Crippen molar-refractivity contribution in [3.63, 3.8) is 0 Å². The van der Waals surface area contributed by atoms with Crippen molar-refractivity contribution in [2.24, 2.45) is 5.84 Å². The van der Waals surface area contributed by atoms with Gasteiger partial charge in [0.2, 0.25) is 0 Å². The summed E-state index contributed by atoms with van der Waals surface area (Å²) in [6.45, 7) is 1.99. The molecule has 0 bridgehead atoms. The molecule has 6 heteroatoms. The molecule has 0 radical (unpaired) electrons. The third kappa shape index (κ3) is 1.94. The van der Waals surface area contributed by atoms with Crippen molar-refractivity contribution in [3.05, 3.63) is 42.0 Å². The van der Waals surface area contributed by atoms with Crippen LogP contribution in [0.25, 0.3) is 20.7 Å². The highest BCUT2D eigenvalue weighted by Gasteiger charge is 2.14.